The van der Waals surface area contributed by atoms with Gasteiger partial charge in [0.05, 0.1) is 0 Å². The van der Waals surface area contributed by atoms with Gasteiger partial charge in [-0.1, -0.05) is 48.0 Å². The summed E-state index contributed by atoms with van der Waals surface area (Å²) < 4.78 is 0. The Bertz CT molecular complexity index is 432. The zero-order valence-corrected chi connectivity index (χ0v) is 10.6. The average Bonchev–Trinajstić information content (AvgIpc) is 2.19. The minimum absolute atomic E-state index is 0. The molecule has 0 fully saturated rings. The van der Waals surface area contributed by atoms with Crippen molar-refractivity contribution in [3.05, 3.63) is 48.0 Å². The molecule has 0 saturated heterocycles. The van der Waals surface area contributed by atoms with Gasteiger partial charge in [0.2, 0.25) is 0 Å². The van der Waals surface area contributed by atoms with Crippen LogP contribution in [0.25, 0.3) is 10.8 Å². The maximum absolute atomic E-state index is 10.3. The third kappa shape index (κ3) is 2.28. The van der Waals surface area contributed by atoms with E-state index in [4.69, 9.17) is 0 Å². The molecule has 0 atom stereocenters. The van der Waals surface area contributed by atoms with Gasteiger partial charge in [-0.2, -0.15) is 0 Å². The van der Waals surface area contributed by atoms with E-state index >= 15 is 0 Å². The van der Waals surface area contributed by atoms with Gasteiger partial charge in [0.25, 0.3) is 0 Å². The maximum atomic E-state index is 10.3. The Hall–Kier alpha value is -0.526. The monoisotopic (exact) mass is 258 g/mol. The molecule has 0 aliphatic carbocycles. The number of hydrogen-bond acceptors (Lipinski definition) is 1. The molecule has 2 rings (SSSR count). The molecule has 1 nitrogen and oxygen atoms in total. The van der Waals surface area contributed by atoms with Crippen LogP contribution in [-0.4, -0.2) is 6.29 Å². The SMILES string of the molecule is O=[C-]Cc1cccc2ccccc12.[Y]. The fourth-order valence-electron chi connectivity index (χ4n) is 1.52. The van der Waals surface area contributed by atoms with Crippen molar-refractivity contribution in [1.82, 2.24) is 0 Å². The summed E-state index contributed by atoms with van der Waals surface area (Å²) in [4.78, 5) is 10.3. The molecule has 0 N–H and O–H groups in total. The molecule has 14 heavy (non-hydrogen) atoms. The molecule has 0 heterocycles. The Morgan fingerprint density at radius 2 is 1.71 bits per heavy atom. The summed E-state index contributed by atoms with van der Waals surface area (Å²) in [6.07, 6.45) is 2.30. The second-order valence-electron chi connectivity index (χ2n) is 2.96. The first kappa shape index (κ1) is 11.5. The van der Waals surface area contributed by atoms with Gasteiger partial charge in [-0.05, 0) is 10.8 Å². The van der Waals surface area contributed by atoms with Crippen molar-refractivity contribution >= 4 is 17.1 Å². The van der Waals surface area contributed by atoms with Crippen molar-refractivity contribution in [2.45, 2.75) is 6.42 Å². The Balaban J connectivity index is 0.000000980. The molecule has 0 aliphatic heterocycles. The minimum Gasteiger partial charge on any atom is -0.541 e. The Morgan fingerprint density at radius 1 is 1.00 bits per heavy atom. The molecule has 0 saturated carbocycles. The van der Waals surface area contributed by atoms with Crippen LogP contribution in [0.15, 0.2) is 42.5 Å². The third-order valence-corrected chi connectivity index (χ3v) is 2.14. The Morgan fingerprint density at radius 3 is 2.50 bits per heavy atom. The van der Waals surface area contributed by atoms with Gasteiger partial charge < -0.3 is 4.79 Å². The van der Waals surface area contributed by atoms with E-state index in [1.807, 2.05) is 48.8 Å². The van der Waals surface area contributed by atoms with Crippen molar-refractivity contribution in [3.8, 4) is 0 Å². The average molecular weight is 258 g/mol. The number of fused-ring (bicyclic) bond motifs is 1. The molecule has 2 aromatic carbocycles. The van der Waals surface area contributed by atoms with Crippen molar-refractivity contribution < 1.29 is 37.5 Å². The Labute approximate surface area is 108 Å². The largest absolute Gasteiger partial charge is 0.541 e. The normalized spacial score (nSPS) is 9.43. The fourth-order valence-corrected chi connectivity index (χ4v) is 1.52. The summed E-state index contributed by atoms with van der Waals surface area (Å²) >= 11 is 0. The molecule has 0 spiro atoms. The molecule has 0 unspecified atom stereocenters. The number of benzene rings is 2. The number of carbonyl (C=O) groups excluding carboxylic acids is 1. The standard InChI is InChI=1S/C12H9O.Y/c13-9-8-11-6-3-5-10-4-1-2-7-12(10)11;/h1-7H,8H2;/q-1;. The van der Waals surface area contributed by atoms with Crippen LogP contribution in [0.5, 0.6) is 0 Å². The summed E-state index contributed by atoms with van der Waals surface area (Å²) in [5, 5.41) is 2.32. The van der Waals surface area contributed by atoms with E-state index in [1.54, 1.807) is 0 Å². The molecule has 67 valence electrons. The van der Waals surface area contributed by atoms with E-state index in [2.05, 4.69) is 0 Å². The maximum Gasteiger partial charge on any atom is 0 e. The van der Waals surface area contributed by atoms with Gasteiger partial charge in [-0.3, -0.25) is 6.29 Å². The van der Waals surface area contributed by atoms with Crippen molar-refractivity contribution in [3.63, 3.8) is 0 Å². The summed E-state index contributed by atoms with van der Waals surface area (Å²) in [5.41, 5.74) is 1.05. The van der Waals surface area contributed by atoms with E-state index in [1.165, 1.54) is 5.39 Å². The first-order valence-corrected chi connectivity index (χ1v) is 4.23. The molecule has 0 amide bonds. The van der Waals surface area contributed by atoms with Crippen LogP contribution < -0.4 is 0 Å². The molecule has 0 aromatic heterocycles. The second-order valence-corrected chi connectivity index (χ2v) is 2.96. The zero-order chi connectivity index (χ0) is 9.10. The fraction of sp³-hybridized carbons (Fsp3) is 0.0833. The van der Waals surface area contributed by atoms with Gasteiger partial charge in [0, 0.05) is 32.7 Å². The quantitative estimate of drug-likeness (QED) is 0.756. The van der Waals surface area contributed by atoms with Crippen molar-refractivity contribution in [2.75, 3.05) is 0 Å². The van der Waals surface area contributed by atoms with Gasteiger partial charge >= 0.3 is 0 Å². The van der Waals surface area contributed by atoms with Crippen molar-refractivity contribution in [1.29, 1.82) is 0 Å². The Kier molecular flexibility index (Phi) is 4.44. The molecular formula is C12H9OY-. The summed E-state index contributed by atoms with van der Waals surface area (Å²) in [6, 6.07) is 14.0. The van der Waals surface area contributed by atoms with E-state index in [0.29, 0.717) is 6.42 Å². The number of hydrogen-bond donors (Lipinski definition) is 0. The minimum atomic E-state index is 0. The molecule has 2 heteroatoms. The molecule has 0 aliphatic rings. The van der Waals surface area contributed by atoms with Gasteiger partial charge in [0.15, 0.2) is 0 Å². The third-order valence-electron chi connectivity index (χ3n) is 2.14. The van der Waals surface area contributed by atoms with Gasteiger partial charge in [-0.15, -0.1) is 6.42 Å². The predicted octanol–water partition coefficient (Wildman–Crippen LogP) is 2.49. The van der Waals surface area contributed by atoms with Crippen LogP contribution >= 0.6 is 0 Å². The van der Waals surface area contributed by atoms with Gasteiger partial charge in [0.1, 0.15) is 0 Å². The van der Waals surface area contributed by atoms with Crippen LogP contribution in [0.1, 0.15) is 5.56 Å². The van der Waals surface area contributed by atoms with E-state index in [-0.39, 0.29) is 32.7 Å². The van der Waals surface area contributed by atoms with Crippen LogP contribution in [0.2, 0.25) is 0 Å². The van der Waals surface area contributed by atoms with Crippen LogP contribution in [0, 0.1) is 0 Å². The first-order valence-electron chi connectivity index (χ1n) is 4.23. The van der Waals surface area contributed by atoms with Crippen LogP contribution in [0.4, 0.5) is 0 Å². The summed E-state index contributed by atoms with van der Waals surface area (Å²) in [7, 11) is 0. The van der Waals surface area contributed by atoms with E-state index < -0.39 is 0 Å². The van der Waals surface area contributed by atoms with Gasteiger partial charge in [-0.25, -0.2) is 0 Å². The predicted molar refractivity (Wildman–Crippen MR) is 53.3 cm³/mol. The smallest absolute Gasteiger partial charge is 0 e. The second kappa shape index (κ2) is 5.38. The van der Waals surface area contributed by atoms with E-state index in [0.717, 1.165) is 10.9 Å². The number of rotatable bonds is 2. The molecule has 2 aromatic rings. The van der Waals surface area contributed by atoms with Crippen LogP contribution in [0.3, 0.4) is 0 Å². The molecular weight excluding hydrogens is 249 g/mol. The molecule has 0 bridgehead atoms. The van der Waals surface area contributed by atoms with Crippen LogP contribution in [-0.2, 0) is 43.9 Å². The molecule has 1 radical (unpaired) electrons. The zero-order valence-electron chi connectivity index (χ0n) is 7.73. The summed E-state index contributed by atoms with van der Waals surface area (Å²) in [6.45, 7) is 0. The first-order chi connectivity index (χ1) is 6.42. The topological polar surface area (TPSA) is 17.1 Å². The summed E-state index contributed by atoms with van der Waals surface area (Å²) in [5.74, 6) is 0. The van der Waals surface area contributed by atoms with Crippen molar-refractivity contribution in [2.24, 2.45) is 0 Å². The van der Waals surface area contributed by atoms with E-state index in [9.17, 15) is 4.79 Å².